The highest BCUT2D eigenvalue weighted by atomic mass is 35.5. The lowest BCUT2D eigenvalue weighted by atomic mass is 9.89. The first-order valence-electron chi connectivity index (χ1n) is 12.5. The van der Waals surface area contributed by atoms with E-state index in [1.165, 1.54) is 11.8 Å². The minimum Gasteiger partial charge on any atom is -0.439 e. The van der Waals surface area contributed by atoms with Gasteiger partial charge in [-0.3, -0.25) is 14.3 Å². The zero-order chi connectivity index (χ0) is 26.6. The monoisotopic (exact) mass is 529 g/mol. The van der Waals surface area contributed by atoms with Crippen LogP contribution in [0, 0.1) is 6.92 Å². The fraction of sp³-hybridized carbons (Fsp3) is 0.241. The number of hydrogen-bond acceptors (Lipinski definition) is 5. The number of aromatic nitrogens is 3. The van der Waals surface area contributed by atoms with E-state index in [4.69, 9.17) is 16.3 Å². The minimum atomic E-state index is -0.227. The summed E-state index contributed by atoms with van der Waals surface area (Å²) in [5.41, 5.74) is 3.89. The molecule has 1 aliphatic heterocycles. The molecule has 1 aliphatic rings. The third kappa shape index (κ3) is 5.86. The SMILES string of the molecule is Cc1cc(C(=O)Nc2ccc(C3CCN(C(=O)c4ccc(Oc5ccc(Cl)cn5)cc4)CC3)cc2)nn1C. The topological polar surface area (TPSA) is 89.3 Å². The molecule has 0 radical (unpaired) electrons. The van der Waals surface area contributed by atoms with Gasteiger partial charge in [-0.1, -0.05) is 23.7 Å². The highest BCUT2D eigenvalue weighted by Gasteiger charge is 2.25. The molecule has 0 aliphatic carbocycles. The Morgan fingerprint density at radius 3 is 2.32 bits per heavy atom. The van der Waals surface area contributed by atoms with Gasteiger partial charge in [0.15, 0.2) is 5.69 Å². The molecule has 4 aromatic rings. The predicted molar refractivity (Wildman–Crippen MR) is 146 cm³/mol. The molecule has 0 atom stereocenters. The second-order valence-electron chi connectivity index (χ2n) is 9.38. The Bertz CT molecular complexity index is 1410. The van der Waals surface area contributed by atoms with E-state index in [1.807, 2.05) is 31.0 Å². The van der Waals surface area contributed by atoms with E-state index in [0.717, 1.165) is 24.2 Å². The van der Waals surface area contributed by atoms with Crippen LogP contribution in [0.15, 0.2) is 72.9 Å². The van der Waals surface area contributed by atoms with E-state index in [9.17, 15) is 9.59 Å². The van der Waals surface area contributed by atoms with Crippen LogP contribution in [0.4, 0.5) is 5.69 Å². The van der Waals surface area contributed by atoms with Gasteiger partial charge in [0.25, 0.3) is 11.8 Å². The molecule has 38 heavy (non-hydrogen) atoms. The first-order chi connectivity index (χ1) is 18.4. The summed E-state index contributed by atoms with van der Waals surface area (Å²) in [6, 6.07) is 20.2. The predicted octanol–water partition coefficient (Wildman–Crippen LogP) is 5.84. The number of anilines is 1. The van der Waals surface area contributed by atoms with Crippen molar-refractivity contribution in [3.05, 3.63) is 100 Å². The Hall–Kier alpha value is -4.17. The lowest BCUT2D eigenvalue weighted by Gasteiger charge is -2.32. The first-order valence-corrected chi connectivity index (χ1v) is 12.8. The van der Waals surface area contributed by atoms with Crippen LogP contribution in [-0.2, 0) is 7.05 Å². The molecule has 1 N–H and O–H groups in total. The average molecular weight is 530 g/mol. The summed E-state index contributed by atoms with van der Waals surface area (Å²) in [7, 11) is 1.81. The number of carbonyl (C=O) groups is 2. The van der Waals surface area contributed by atoms with Crippen molar-refractivity contribution in [2.45, 2.75) is 25.7 Å². The highest BCUT2D eigenvalue weighted by molar-refractivity contribution is 6.30. The number of nitrogens with one attached hydrogen (secondary N) is 1. The highest BCUT2D eigenvalue weighted by Crippen LogP contribution is 2.30. The van der Waals surface area contributed by atoms with Crippen LogP contribution in [-0.4, -0.2) is 44.6 Å². The minimum absolute atomic E-state index is 0.0161. The zero-order valence-electron chi connectivity index (χ0n) is 21.2. The van der Waals surface area contributed by atoms with Crippen LogP contribution in [0.1, 0.15) is 50.9 Å². The number of likely N-dealkylation sites (tertiary alicyclic amines) is 1. The standard InChI is InChI=1S/C29H28ClN5O3/c1-19-17-26(33-34(19)2)28(36)32-24-8-3-20(4-9-24)21-13-15-35(16-14-21)29(37)22-5-10-25(11-6-22)38-27-12-7-23(30)18-31-27/h3-12,17-18,21H,13-16H2,1-2H3,(H,32,36). The summed E-state index contributed by atoms with van der Waals surface area (Å²) in [4.78, 5) is 31.5. The lowest BCUT2D eigenvalue weighted by molar-refractivity contribution is 0.0713. The molecular weight excluding hydrogens is 502 g/mol. The average Bonchev–Trinajstić information content (AvgIpc) is 3.28. The van der Waals surface area contributed by atoms with Crippen molar-refractivity contribution >= 4 is 29.1 Å². The van der Waals surface area contributed by atoms with Gasteiger partial charge >= 0.3 is 0 Å². The van der Waals surface area contributed by atoms with Gasteiger partial charge in [-0.15, -0.1) is 0 Å². The van der Waals surface area contributed by atoms with Gasteiger partial charge < -0.3 is 15.0 Å². The van der Waals surface area contributed by atoms with Crippen LogP contribution >= 0.6 is 11.6 Å². The van der Waals surface area contributed by atoms with E-state index < -0.39 is 0 Å². The van der Waals surface area contributed by atoms with Crippen LogP contribution in [0.5, 0.6) is 11.6 Å². The van der Waals surface area contributed by atoms with Gasteiger partial charge in [0.2, 0.25) is 5.88 Å². The number of rotatable bonds is 6. The normalized spacial score (nSPS) is 13.8. The van der Waals surface area contributed by atoms with Crippen LogP contribution in [0.25, 0.3) is 0 Å². The van der Waals surface area contributed by atoms with E-state index in [-0.39, 0.29) is 11.8 Å². The van der Waals surface area contributed by atoms with Crippen molar-refractivity contribution < 1.29 is 14.3 Å². The second kappa shape index (κ2) is 11.1. The molecular formula is C29H28ClN5O3. The molecule has 3 heterocycles. The largest absolute Gasteiger partial charge is 0.439 e. The number of amides is 2. The maximum Gasteiger partial charge on any atom is 0.276 e. The third-order valence-corrected chi connectivity index (χ3v) is 7.02. The Morgan fingerprint density at radius 2 is 1.71 bits per heavy atom. The van der Waals surface area contributed by atoms with Gasteiger partial charge in [0.1, 0.15) is 5.75 Å². The van der Waals surface area contributed by atoms with Crippen LogP contribution in [0.3, 0.4) is 0 Å². The Kier molecular flexibility index (Phi) is 7.42. The molecule has 0 bridgehead atoms. The number of ether oxygens (including phenoxy) is 1. The van der Waals surface area contributed by atoms with E-state index in [1.54, 1.807) is 47.1 Å². The molecule has 0 saturated carbocycles. The van der Waals surface area contributed by atoms with Crippen molar-refractivity contribution in [3.8, 4) is 11.6 Å². The molecule has 1 fully saturated rings. The number of hydrogen-bond donors (Lipinski definition) is 1. The van der Waals surface area contributed by atoms with E-state index in [0.29, 0.717) is 46.9 Å². The maximum atomic E-state index is 13.0. The Labute approximate surface area is 226 Å². The fourth-order valence-corrected chi connectivity index (χ4v) is 4.62. The van der Waals surface area contributed by atoms with Gasteiger partial charge in [0, 0.05) is 49.3 Å². The van der Waals surface area contributed by atoms with Crippen LogP contribution < -0.4 is 10.1 Å². The van der Waals surface area contributed by atoms with E-state index in [2.05, 4.69) is 27.5 Å². The number of aryl methyl sites for hydroxylation is 2. The number of carbonyl (C=O) groups excluding carboxylic acids is 2. The van der Waals surface area contributed by atoms with Gasteiger partial charge in [-0.05, 0) is 79.8 Å². The smallest absolute Gasteiger partial charge is 0.276 e. The molecule has 2 amide bonds. The zero-order valence-corrected chi connectivity index (χ0v) is 22.0. The fourth-order valence-electron chi connectivity index (χ4n) is 4.51. The number of pyridine rings is 1. The lowest BCUT2D eigenvalue weighted by Crippen LogP contribution is -2.37. The van der Waals surface area contributed by atoms with Crippen molar-refractivity contribution in [1.29, 1.82) is 0 Å². The summed E-state index contributed by atoms with van der Waals surface area (Å²) in [5, 5.41) is 7.67. The van der Waals surface area contributed by atoms with Gasteiger partial charge in [-0.2, -0.15) is 5.10 Å². The molecule has 1 saturated heterocycles. The number of piperidine rings is 1. The number of benzene rings is 2. The Balaban J connectivity index is 1.13. The quantitative estimate of drug-likeness (QED) is 0.339. The summed E-state index contributed by atoms with van der Waals surface area (Å²) < 4.78 is 7.39. The molecule has 9 heteroatoms. The summed E-state index contributed by atoms with van der Waals surface area (Å²) >= 11 is 5.86. The Morgan fingerprint density at radius 1 is 1.00 bits per heavy atom. The second-order valence-corrected chi connectivity index (χ2v) is 9.81. The van der Waals surface area contributed by atoms with E-state index >= 15 is 0 Å². The van der Waals surface area contributed by atoms with Crippen LogP contribution in [0.2, 0.25) is 5.02 Å². The molecule has 0 spiro atoms. The van der Waals surface area contributed by atoms with Crippen molar-refractivity contribution in [2.24, 2.45) is 7.05 Å². The third-order valence-electron chi connectivity index (χ3n) is 6.79. The first kappa shape index (κ1) is 25.5. The number of halogens is 1. The molecule has 2 aromatic heterocycles. The maximum absolute atomic E-state index is 13.0. The van der Waals surface area contributed by atoms with Crippen molar-refractivity contribution in [2.75, 3.05) is 18.4 Å². The van der Waals surface area contributed by atoms with Crippen molar-refractivity contribution in [3.63, 3.8) is 0 Å². The molecule has 2 aromatic carbocycles. The van der Waals surface area contributed by atoms with Gasteiger partial charge in [0.05, 0.1) is 5.02 Å². The summed E-state index contributed by atoms with van der Waals surface area (Å²) in [6.45, 7) is 3.28. The molecule has 0 unspecified atom stereocenters. The number of nitrogens with zero attached hydrogens (tertiary/aromatic N) is 4. The summed E-state index contributed by atoms with van der Waals surface area (Å²) in [6.07, 6.45) is 3.29. The van der Waals surface area contributed by atoms with Crippen molar-refractivity contribution in [1.82, 2.24) is 19.7 Å². The molecule has 8 nitrogen and oxygen atoms in total. The summed E-state index contributed by atoms with van der Waals surface area (Å²) in [5.74, 6) is 1.20. The molecule has 194 valence electrons. The molecule has 5 rings (SSSR count). The van der Waals surface area contributed by atoms with Gasteiger partial charge in [-0.25, -0.2) is 4.98 Å².